The molecule has 0 N–H and O–H groups in total. The van der Waals surface area contributed by atoms with Gasteiger partial charge in [-0.05, 0) is 44.0 Å². The van der Waals surface area contributed by atoms with Crippen LogP contribution in [0, 0.1) is 6.92 Å². The van der Waals surface area contributed by atoms with E-state index in [9.17, 15) is 0 Å². The topological polar surface area (TPSA) is 67.9 Å². The molecule has 0 amide bonds. The van der Waals surface area contributed by atoms with Crippen molar-refractivity contribution in [3.8, 4) is 10.8 Å². The van der Waals surface area contributed by atoms with Gasteiger partial charge >= 0.3 is 0 Å². The van der Waals surface area contributed by atoms with E-state index in [0.717, 1.165) is 30.1 Å². The minimum atomic E-state index is 0.182. The van der Waals surface area contributed by atoms with Crippen molar-refractivity contribution in [2.24, 2.45) is 0 Å². The number of hydrogen-bond acceptors (Lipinski definition) is 7. The standard InChI is InChI=1S/C17H19N5OS/c1-12-15(24-11-19-12)17-21-20-16(23-17)14-4-2-3-9-22(14)10-13-5-7-18-8-6-13/h5-8,11,14H,2-4,9-10H2,1H3. The van der Waals surface area contributed by atoms with Gasteiger partial charge in [0.05, 0.1) is 17.2 Å². The molecule has 0 aliphatic carbocycles. The van der Waals surface area contributed by atoms with Crippen LogP contribution in [-0.2, 0) is 6.54 Å². The first-order chi connectivity index (χ1) is 11.8. The zero-order valence-corrected chi connectivity index (χ0v) is 14.4. The van der Waals surface area contributed by atoms with E-state index in [-0.39, 0.29) is 6.04 Å². The third-order valence-electron chi connectivity index (χ3n) is 4.41. The maximum atomic E-state index is 6.01. The largest absolute Gasteiger partial charge is 0.418 e. The van der Waals surface area contributed by atoms with E-state index in [1.807, 2.05) is 24.8 Å². The molecular formula is C17H19N5OS. The van der Waals surface area contributed by atoms with E-state index < -0.39 is 0 Å². The fourth-order valence-corrected chi connectivity index (χ4v) is 3.87. The summed E-state index contributed by atoms with van der Waals surface area (Å²) in [6.07, 6.45) is 7.12. The normalized spacial score (nSPS) is 18.8. The molecule has 1 fully saturated rings. The molecule has 1 atom stereocenters. The van der Waals surface area contributed by atoms with Crippen molar-refractivity contribution >= 4 is 11.3 Å². The second-order valence-electron chi connectivity index (χ2n) is 6.05. The molecule has 4 rings (SSSR count). The lowest BCUT2D eigenvalue weighted by atomic mass is 10.0. The number of aromatic nitrogens is 4. The van der Waals surface area contributed by atoms with Gasteiger partial charge in [0.2, 0.25) is 5.89 Å². The Balaban J connectivity index is 1.57. The quantitative estimate of drug-likeness (QED) is 0.722. The SMILES string of the molecule is Cc1ncsc1-c1nnc(C2CCCCN2Cc2ccncc2)o1. The van der Waals surface area contributed by atoms with Gasteiger partial charge in [0.25, 0.3) is 5.89 Å². The van der Waals surface area contributed by atoms with Gasteiger partial charge in [0.15, 0.2) is 0 Å². The van der Waals surface area contributed by atoms with Gasteiger partial charge in [0, 0.05) is 18.9 Å². The van der Waals surface area contributed by atoms with Gasteiger partial charge in [-0.25, -0.2) is 4.98 Å². The predicted octanol–water partition coefficient (Wildman–Crippen LogP) is 3.62. The lowest BCUT2D eigenvalue weighted by Gasteiger charge is -2.33. The molecule has 7 heteroatoms. The molecule has 1 aliphatic heterocycles. The van der Waals surface area contributed by atoms with Gasteiger partial charge in [-0.15, -0.1) is 21.5 Å². The number of hydrogen-bond donors (Lipinski definition) is 0. The van der Waals surface area contributed by atoms with Crippen molar-refractivity contribution in [2.45, 2.75) is 38.8 Å². The van der Waals surface area contributed by atoms with Crippen LogP contribution in [0.15, 0.2) is 34.5 Å². The van der Waals surface area contributed by atoms with Crippen LogP contribution in [0.25, 0.3) is 10.8 Å². The first kappa shape index (κ1) is 15.4. The number of thiazole rings is 1. The van der Waals surface area contributed by atoms with Crippen molar-refractivity contribution in [1.29, 1.82) is 0 Å². The highest BCUT2D eigenvalue weighted by molar-refractivity contribution is 7.13. The van der Waals surface area contributed by atoms with E-state index in [4.69, 9.17) is 4.42 Å². The summed E-state index contributed by atoms with van der Waals surface area (Å²) in [7, 11) is 0. The molecule has 24 heavy (non-hydrogen) atoms. The van der Waals surface area contributed by atoms with Gasteiger partial charge in [0.1, 0.15) is 4.88 Å². The van der Waals surface area contributed by atoms with E-state index in [1.165, 1.54) is 29.7 Å². The third kappa shape index (κ3) is 3.09. The van der Waals surface area contributed by atoms with Crippen LogP contribution in [-0.4, -0.2) is 31.6 Å². The summed E-state index contributed by atoms with van der Waals surface area (Å²) in [6.45, 7) is 3.89. The van der Waals surface area contributed by atoms with E-state index >= 15 is 0 Å². The van der Waals surface area contributed by atoms with Crippen LogP contribution in [0.3, 0.4) is 0 Å². The highest BCUT2D eigenvalue weighted by Gasteiger charge is 2.29. The number of aryl methyl sites for hydroxylation is 1. The van der Waals surface area contributed by atoms with Gasteiger partial charge in [-0.3, -0.25) is 9.88 Å². The Bertz CT molecular complexity index is 800. The molecule has 0 bridgehead atoms. The number of likely N-dealkylation sites (tertiary alicyclic amines) is 1. The Morgan fingerprint density at radius 1 is 1.25 bits per heavy atom. The summed E-state index contributed by atoms with van der Waals surface area (Å²) >= 11 is 1.54. The summed E-state index contributed by atoms with van der Waals surface area (Å²) in [5.74, 6) is 1.30. The Hall–Kier alpha value is -2.12. The summed E-state index contributed by atoms with van der Waals surface area (Å²) in [5.41, 5.74) is 4.01. The molecule has 124 valence electrons. The fourth-order valence-electron chi connectivity index (χ4n) is 3.15. The Morgan fingerprint density at radius 3 is 2.92 bits per heavy atom. The molecule has 3 aromatic heterocycles. The molecular weight excluding hydrogens is 322 g/mol. The summed E-state index contributed by atoms with van der Waals surface area (Å²) in [4.78, 5) is 11.7. The molecule has 0 saturated carbocycles. The second-order valence-corrected chi connectivity index (χ2v) is 6.90. The van der Waals surface area contributed by atoms with Crippen LogP contribution in [0.2, 0.25) is 0 Å². The van der Waals surface area contributed by atoms with E-state index in [0.29, 0.717) is 11.8 Å². The zero-order valence-electron chi connectivity index (χ0n) is 13.6. The first-order valence-corrected chi connectivity index (χ1v) is 9.06. The molecule has 3 aromatic rings. The predicted molar refractivity (Wildman–Crippen MR) is 91.4 cm³/mol. The minimum Gasteiger partial charge on any atom is -0.418 e. The molecule has 1 unspecified atom stereocenters. The number of nitrogens with zero attached hydrogens (tertiary/aromatic N) is 5. The Kier molecular flexibility index (Phi) is 4.36. The van der Waals surface area contributed by atoms with Gasteiger partial charge in [-0.1, -0.05) is 6.42 Å². The van der Waals surface area contributed by atoms with Crippen LogP contribution < -0.4 is 0 Å². The van der Waals surface area contributed by atoms with Crippen LogP contribution in [0.4, 0.5) is 0 Å². The van der Waals surface area contributed by atoms with Crippen LogP contribution >= 0.6 is 11.3 Å². The number of rotatable bonds is 4. The van der Waals surface area contributed by atoms with Crippen LogP contribution in [0.5, 0.6) is 0 Å². The van der Waals surface area contributed by atoms with Gasteiger partial charge < -0.3 is 4.42 Å². The average molecular weight is 341 g/mol. The molecule has 4 heterocycles. The Labute approximate surface area is 144 Å². The molecule has 0 spiro atoms. The zero-order chi connectivity index (χ0) is 16.4. The molecule has 0 aromatic carbocycles. The molecule has 1 saturated heterocycles. The molecule has 1 aliphatic rings. The minimum absolute atomic E-state index is 0.182. The van der Waals surface area contributed by atoms with Gasteiger partial charge in [-0.2, -0.15) is 0 Å². The molecule has 0 radical (unpaired) electrons. The maximum absolute atomic E-state index is 6.01. The second kappa shape index (κ2) is 6.78. The van der Waals surface area contributed by atoms with Crippen LogP contribution in [0.1, 0.15) is 42.5 Å². The Morgan fingerprint density at radius 2 is 2.12 bits per heavy atom. The smallest absolute Gasteiger partial charge is 0.259 e. The lowest BCUT2D eigenvalue weighted by Crippen LogP contribution is -2.33. The van der Waals surface area contributed by atoms with E-state index in [1.54, 1.807) is 0 Å². The van der Waals surface area contributed by atoms with Crippen molar-refractivity contribution in [3.05, 3.63) is 47.2 Å². The van der Waals surface area contributed by atoms with Crippen molar-refractivity contribution < 1.29 is 4.42 Å². The summed E-state index contributed by atoms with van der Waals surface area (Å²) < 4.78 is 6.01. The maximum Gasteiger partial charge on any atom is 0.259 e. The number of pyridine rings is 1. The third-order valence-corrected chi connectivity index (χ3v) is 5.33. The lowest BCUT2D eigenvalue weighted by molar-refractivity contribution is 0.118. The van der Waals surface area contributed by atoms with Crippen molar-refractivity contribution in [3.63, 3.8) is 0 Å². The highest BCUT2D eigenvalue weighted by Crippen LogP contribution is 2.34. The first-order valence-electron chi connectivity index (χ1n) is 8.18. The van der Waals surface area contributed by atoms with E-state index in [2.05, 4.69) is 37.2 Å². The molecule has 6 nitrogen and oxygen atoms in total. The number of piperidine rings is 1. The van der Waals surface area contributed by atoms with Crippen molar-refractivity contribution in [2.75, 3.05) is 6.54 Å². The van der Waals surface area contributed by atoms with Crippen molar-refractivity contribution in [1.82, 2.24) is 25.1 Å². The monoisotopic (exact) mass is 341 g/mol. The fraction of sp³-hybridized carbons (Fsp3) is 0.412. The summed E-state index contributed by atoms with van der Waals surface area (Å²) in [5, 5.41) is 8.59. The summed E-state index contributed by atoms with van der Waals surface area (Å²) in [6, 6.07) is 4.30. The average Bonchev–Trinajstić information content (AvgIpc) is 3.25. The highest BCUT2D eigenvalue weighted by atomic mass is 32.1.